The first kappa shape index (κ1) is 49.8. The summed E-state index contributed by atoms with van der Waals surface area (Å²) in [6.07, 6.45) is 24.5. The summed E-state index contributed by atoms with van der Waals surface area (Å²) in [7, 11) is 5.72. The van der Waals surface area contributed by atoms with E-state index in [1.165, 1.54) is 18.5 Å². The molecule has 0 aliphatic carbocycles. The number of aryl methyl sites for hydroxylation is 3. The zero-order chi connectivity index (χ0) is 50.7. The number of hydrogen-bond donors (Lipinski definition) is 4. The highest BCUT2D eigenvalue weighted by Gasteiger charge is 2.30. The van der Waals surface area contributed by atoms with Crippen molar-refractivity contribution in [2.75, 3.05) is 34.4 Å². The van der Waals surface area contributed by atoms with E-state index in [2.05, 4.69) is 78.1 Å². The lowest BCUT2D eigenvalue weighted by molar-refractivity contribution is 0.628. The first-order valence-corrected chi connectivity index (χ1v) is 24.2. The van der Waals surface area contributed by atoms with Gasteiger partial charge in [0.15, 0.2) is 16.8 Å². The zero-order valence-electron chi connectivity index (χ0n) is 39.9. The molecule has 0 bridgehead atoms. The fourth-order valence-electron chi connectivity index (χ4n) is 8.04. The van der Waals surface area contributed by atoms with Crippen LogP contribution in [0.2, 0.25) is 15.7 Å². The highest BCUT2D eigenvalue weighted by molar-refractivity contribution is 6.34. The highest BCUT2D eigenvalue weighted by atomic mass is 35.5. The summed E-state index contributed by atoms with van der Waals surface area (Å²) in [6, 6.07) is 24.2. The molecule has 2 fully saturated rings. The van der Waals surface area contributed by atoms with Crippen LogP contribution in [-0.4, -0.2) is 95.5 Å². The molecule has 5 N–H and O–H groups in total. The summed E-state index contributed by atoms with van der Waals surface area (Å²) < 4.78 is 10.7. The van der Waals surface area contributed by atoms with Crippen LogP contribution in [0.3, 0.4) is 0 Å². The maximum atomic E-state index is 5.84. The standard InChI is InChI=1S/C19H20N8.C10H9ClN6.C9H12N2.C6H3Cl2N3.C4H7N3/c1-25-12-17(21-13-25)22-18-16-8-5-11-27(16)24-19(23-18)26-10-4-7-15(26)14-6-2-3-9-20-14;1-16-5-8(12-6-16)13-9-7-3-2-4-17(7)15-10(11)14-9;1-2-6-10-8(4-1)9-5-3-7-11-9;7-5-4-2-1-3-11(4)10-6(8)9-5;1-7-2-4(5)6-3-7/h2-3,5-6,8-9,11-13,15H,4,7,10H2,1H3,(H,22,23,24);2-6H,1H3,(H,13,14,15);1-2,4,6,9,11H,3,5,7H2;1-3H;2-3H,5H2,1H3. The van der Waals surface area contributed by atoms with Crippen molar-refractivity contribution >= 4 is 86.4 Å². The Hall–Kier alpha value is -8.18. The molecule has 2 saturated heterocycles. The van der Waals surface area contributed by atoms with Crippen molar-refractivity contribution in [3.8, 4) is 0 Å². The van der Waals surface area contributed by atoms with E-state index < -0.39 is 0 Å². The molecule has 2 atom stereocenters. The van der Waals surface area contributed by atoms with Gasteiger partial charge in [-0.2, -0.15) is 9.97 Å². The predicted octanol–water partition coefficient (Wildman–Crippen LogP) is 8.35. The Bertz CT molecular complexity index is 3470. The van der Waals surface area contributed by atoms with E-state index >= 15 is 0 Å². The van der Waals surface area contributed by atoms with E-state index in [1.807, 2.05) is 133 Å². The van der Waals surface area contributed by atoms with Gasteiger partial charge in [-0.25, -0.2) is 33.5 Å². The minimum Gasteiger partial charge on any atom is -0.382 e. The molecule has 2 aliphatic rings. The average molecular weight is 1040 g/mol. The van der Waals surface area contributed by atoms with E-state index in [0.29, 0.717) is 34.6 Å². The third-order valence-corrected chi connectivity index (χ3v) is 11.9. The molecule has 22 nitrogen and oxygen atoms in total. The topological polar surface area (TPSA) is 235 Å². The number of pyridine rings is 2. The van der Waals surface area contributed by atoms with Gasteiger partial charge in [0.1, 0.15) is 34.0 Å². The SMILES string of the molecule is Clc1nc(Cl)c2cccn2n1.Cn1cnc(N)c1.Cn1cnc(Nc2nc(Cl)nn3cccc23)c1.Cn1cnc(Nc2nc(N3CCCC3c3ccccn3)nn3cccc23)c1.c1ccc(C2CCCN2)nc1. The Kier molecular flexibility index (Phi) is 15.9. The van der Waals surface area contributed by atoms with Gasteiger partial charge in [-0.3, -0.25) is 9.97 Å². The van der Waals surface area contributed by atoms with Gasteiger partial charge < -0.3 is 40.3 Å². The van der Waals surface area contributed by atoms with Crippen LogP contribution in [0, 0.1) is 0 Å². The molecule has 0 amide bonds. The van der Waals surface area contributed by atoms with Gasteiger partial charge in [-0.05, 0) is 116 Å². The second kappa shape index (κ2) is 23.4. The molecule has 13 heterocycles. The van der Waals surface area contributed by atoms with Crippen LogP contribution in [0.5, 0.6) is 0 Å². The normalized spacial score (nSPS) is 14.9. The molecule has 13 rings (SSSR count). The first-order valence-electron chi connectivity index (χ1n) is 23.1. The Morgan fingerprint density at radius 1 is 0.575 bits per heavy atom. The van der Waals surface area contributed by atoms with Crippen molar-refractivity contribution in [1.82, 2.24) is 87.7 Å². The van der Waals surface area contributed by atoms with E-state index in [4.69, 9.17) is 50.6 Å². The zero-order valence-corrected chi connectivity index (χ0v) is 42.2. The Balaban J connectivity index is 0.000000122. The number of nitrogens with zero attached hydrogens (tertiary/aromatic N) is 18. The summed E-state index contributed by atoms with van der Waals surface area (Å²) in [5.74, 6) is 4.12. The van der Waals surface area contributed by atoms with E-state index in [-0.39, 0.29) is 16.6 Å². The fraction of sp³-hybridized carbons (Fsp3) is 0.229. The molecule has 0 spiro atoms. The van der Waals surface area contributed by atoms with Crippen molar-refractivity contribution < 1.29 is 0 Å². The van der Waals surface area contributed by atoms with Crippen LogP contribution in [0.4, 0.5) is 35.0 Å². The summed E-state index contributed by atoms with van der Waals surface area (Å²) in [6.45, 7) is 2.05. The van der Waals surface area contributed by atoms with Gasteiger partial charge in [0.2, 0.25) is 16.5 Å². The van der Waals surface area contributed by atoms with E-state index in [1.54, 1.807) is 45.0 Å². The van der Waals surface area contributed by atoms with Crippen molar-refractivity contribution in [3.63, 3.8) is 0 Å². The fourth-order valence-corrected chi connectivity index (χ4v) is 8.65. The van der Waals surface area contributed by atoms with Crippen LogP contribution >= 0.6 is 34.8 Å². The van der Waals surface area contributed by atoms with Crippen LogP contribution in [0.25, 0.3) is 16.6 Å². The molecule has 25 heteroatoms. The lowest BCUT2D eigenvalue weighted by atomic mass is 10.1. The number of nitrogen functional groups attached to an aromatic ring is 1. The molecule has 73 heavy (non-hydrogen) atoms. The van der Waals surface area contributed by atoms with E-state index in [9.17, 15) is 0 Å². The maximum Gasteiger partial charge on any atom is 0.246 e. The lowest BCUT2D eigenvalue weighted by Gasteiger charge is -2.24. The maximum absolute atomic E-state index is 5.84. The number of fused-ring (bicyclic) bond motifs is 3. The van der Waals surface area contributed by atoms with Crippen LogP contribution in [-0.2, 0) is 21.1 Å². The molecule has 0 aromatic carbocycles. The van der Waals surface area contributed by atoms with Crippen LogP contribution in [0.1, 0.15) is 49.2 Å². The molecule has 0 saturated carbocycles. The van der Waals surface area contributed by atoms with Gasteiger partial charge in [-0.1, -0.05) is 23.7 Å². The number of hydrogen-bond acceptors (Lipinski definition) is 16. The number of anilines is 6. The smallest absolute Gasteiger partial charge is 0.246 e. The summed E-state index contributed by atoms with van der Waals surface area (Å²) in [5, 5.41) is 23.2. The summed E-state index contributed by atoms with van der Waals surface area (Å²) in [4.78, 5) is 36.1. The summed E-state index contributed by atoms with van der Waals surface area (Å²) >= 11 is 17.1. The van der Waals surface area contributed by atoms with Crippen molar-refractivity contribution in [2.24, 2.45) is 21.1 Å². The first-order chi connectivity index (χ1) is 35.5. The Morgan fingerprint density at radius 2 is 1.14 bits per heavy atom. The molecule has 11 aromatic heterocycles. The van der Waals surface area contributed by atoms with Crippen molar-refractivity contribution in [2.45, 2.75) is 37.8 Å². The van der Waals surface area contributed by atoms with Gasteiger partial charge in [0.25, 0.3) is 0 Å². The number of nitrogens with two attached hydrogens (primary N) is 1. The monoisotopic (exact) mass is 1040 g/mol. The summed E-state index contributed by atoms with van der Waals surface area (Å²) in [5.41, 5.74) is 10.0. The lowest BCUT2D eigenvalue weighted by Crippen LogP contribution is -2.26. The Morgan fingerprint density at radius 3 is 1.67 bits per heavy atom. The third kappa shape index (κ3) is 12.8. The quantitative estimate of drug-likeness (QED) is 0.117. The molecule has 2 aliphatic heterocycles. The molecular weight excluding hydrogens is 991 g/mol. The second-order valence-electron chi connectivity index (χ2n) is 16.7. The van der Waals surface area contributed by atoms with Crippen molar-refractivity contribution in [1.29, 1.82) is 0 Å². The largest absolute Gasteiger partial charge is 0.382 e. The van der Waals surface area contributed by atoms with Gasteiger partial charge in [-0.15, -0.1) is 15.3 Å². The highest BCUT2D eigenvalue weighted by Crippen LogP contribution is 2.34. The number of imidazole rings is 3. The third-order valence-electron chi connectivity index (χ3n) is 11.3. The van der Waals surface area contributed by atoms with Gasteiger partial charge in [0.05, 0.1) is 36.4 Å². The van der Waals surface area contributed by atoms with Crippen molar-refractivity contribution in [3.05, 3.63) is 168 Å². The van der Waals surface area contributed by atoms with E-state index in [0.717, 1.165) is 59.8 Å². The Labute approximate surface area is 433 Å². The number of nitrogens with one attached hydrogen (secondary N) is 3. The van der Waals surface area contributed by atoms with Gasteiger partial charge >= 0.3 is 0 Å². The van der Waals surface area contributed by atoms with Crippen LogP contribution in [0.15, 0.2) is 141 Å². The average Bonchev–Trinajstić information content (AvgIpc) is 4.23. The molecule has 11 aromatic rings. The molecule has 374 valence electrons. The molecular formula is C48H51Cl3N22. The van der Waals surface area contributed by atoms with Crippen LogP contribution < -0.4 is 26.6 Å². The van der Waals surface area contributed by atoms with Gasteiger partial charge in [0, 0.05) is 83.3 Å². The second-order valence-corrected chi connectivity index (χ2v) is 17.8. The molecule has 2 unspecified atom stereocenters. The number of aromatic nitrogens is 17. The predicted molar refractivity (Wildman–Crippen MR) is 282 cm³/mol. The molecule has 0 radical (unpaired) electrons. The number of rotatable bonds is 7. The number of halogens is 3. The minimum atomic E-state index is 0.152. The minimum absolute atomic E-state index is 0.152.